The van der Waals surface area contributed by atoms with E-state index in [9.17, 15) is 13.2 Å². The maximum absolute atomic E-state index is 11.8. The third kappa shape index (κ3) is 17.6. The molecule has 0 nitrogen and oxygen atoms in total. The molecule has 0 rings (SSSR count). The minimum absolute atomic E-state index is 0.208. The second-order valence-electron chi connectivity index (χ2n) is 3.46. The fourth-order valence-electron chi connectivity index (χ4n) is 1.11. The van der Waals surface area contributed by atoms with Gasteiger partial charge < -0.3 is 0 Å². The van der Waals surface area contributed by atoms with Crippen molar-refractivity contribution in [2.45, 2.75) is 52.6 Å². The van der Waals surface area contributed by atoms with Gasteiger partial charge in [0.05, 0.1) is 0 Å². The maximum atomic E-state index is 11.8. The van der Waals surface area contributed by atoms with Crippen LogP contribution in [-0.2, 0) is 0 Å². The standard InChI is InChI=1S/C12H17F3.C2H6/c1-3-4-5-8-11(2)9-6-7-10-12(13,14)15;1-2/h3-5,8H,1,6-7,9-10H2,2H3;1-2H3/b5-4-,11-8+;. The summed E-state index contributed by atoms with van der Waals surface area (Å²) < 4.78 is 35.4. The molecule has 0 unspecified atom stereocenters. The lowest BCUT2D eigenvalue weighted by Gasteiger charge is -2.05. The largest absolute Gasteiger partial charge is 0.389 e. The first-order valence-corrected chi connectivity index (χ1v) is 5.97. The number of hydrogen-bond donors (Lipinski definition) is 0. The normalized spacial score (nSPS) is 12.2. The Balaban J connectivity index is 0. The van der Waals surface area contributed by atoms with Crippen molar-refractivity contribution in [1.29, 1.82) is 0 Å². The first-order chi connectivity index (χ1) is 7.95. The van der Waals surface area contributed by atoms with Gasteiger partial charge in [0.15, 0.2) is 0 Å². The van der Waals surface area contributed by atoms with Gasteiger partial charge in [-0.3, -0.25) is 0 Å². The van der Waals surface area contributed by atoms with Crippen LogP contribution in [0.2, 0.25) is 0 Å². The fraction of sp³-hybridized carbons (Fsp3) is 0.571. The third-order valence-electron chi connectivity index (χ3n) is 1.91. The first-order valence-electron chi connectivity index (χ1n) is 5.97. The smallest absolute Gasteiger partial charge is 0.171 e. The molecule has 0 aliphatic carbocycles. The minimum Gasteiger partial charge on any atom is -0.171 e. The highest BCUT2D eigenvalue weighted by atomic mass is 19.4. The van der Waals surface area contributed by atoms with Crippen LogP contribution < -0.4 is 0 Å². The highest BCUT2D eigenvalue weighted by Gasteiger charge is 2.25. The Morgan fingerprint density at radius 1 is 1.12 bits per heavy atom. The van der Waals surface area contributed by atoms with E-state index in [1.807, 2.05) is 32.9 Å². The molecular weight excluding hydrogens is 225 g/mol. The van der Waals surface area contributed by atoms with Gasteiger partial charge >= 0.3 is 6.18 Å². The Morgan fingerprint density at radius 2 is 1.71 bits per heavy atom. The lowest BCUT2D eigenvalue weighted by molar-refractivity contribution is -0.135. The zero-order chi connectivity index (χ0) is 13.7. The van der Waals surface area contributed by atoms with Crippen LogP contribution in [0.4, 0.5) is 13.2 Å². The van der Waals surface area contributed by atoms with Gasteiger partial charge in [-0.05, 0) is 26.2 Å². The molecule has 0 aromatic carbocycles. The minimum atomic E-state index is -4.01. The Bertz CT molecular complexity index is 234. The topological polar surface area (TPSA) is 0 Å². The van der Waals surface area contributed by atoms with E-state index in [0.29, 0.717) is 6.42 Å². The molecule has 0 aliphatic heterocycles. The SMILES string of the molecule is C=C/C=C\C=C(/C)CCCCC(F)(F)F.CC. The molecule has 0 amide bonds. The lowest BCUT2D eigenvalue weighted by Crippen LogP contribution is -2.06. The summed E-state index contributed by atoms with van der Waals surface area (Å²) in [5.74, 6) is 0. The van der Waals surface area contributed by atoms with Gasteiger partial charge in [-0.2, -0.15) is 13.2 Å². The van der Waals surface area contributed by atoms with Crippen LogP contribution in [0.15, 0.2) is 36.5 Å². The number of unbranched alkanes of at least 4 members (excludes halogenated alkanes) is 1. The van der Waals surface area contributed by atoms with Gasteiger partial charge in [-0.25, -0.2) is 0 Å². The molecule has 0 heterocycles. The lowest BCUT2D eigenvalue weighted by atomic mass is 10.1. The van der Waals surface area contributed by atoms with Crippen LogP contribution in [0, 0.1) is 0 Å². The van der Waals surface area contributed by atoms with E-state index in [2.05, 4.69) is 6.58 Å². The summed E-state index contributed by atoms with van der Waals surface area (Å²) in [6.07, 6.45) is 4.01. The Labute approximate surface area is 103 Å². The van der Waals surface area contributed by atoms with Crippen molar-refractivity contribution in [3.05, 3.63) is 36.5 Å². The van der Waals surface area contributed by atoms with Crippen LogP contribution in [0.3, 0.4) is 0 Å². The Kier molecular flexibility index (Phi) is 12.4. The van der Waals surface area contributed by atoms with E-state index in [1.165, 1.54) is 0 Å². The highest BCUT2D eigenvalue weighted by molar-refractivity contribution is 5.13. The number of halogens is 3. The third-order valence-corrected chi connectivity index (χ3v) is 1.91. The van der Waals surface area contributed by atoms with Gasteiger partial charge in [0.1, 0.15) is 0 Å². The number of alkyl halides is 3. The molecule has 0 saturated heterocycles. The van der Waals surface area contributed by atoms with Gasteiger partial charge in [0.2, 0.25) is 0 Å². The van der Waals surface area contributed by atoms with Crippen molar-refractivity contribution in [2.24, 2.45) is 0 Å². The van der Waals surface area contributed by atoms with E-state index in [0.717, 1.165) is 12.0 Å². The second-order valence-corrected chi connectivity index (χ2v) is 3.46. The molecule has 0 aromatic heterocycles. The summed E-state index contributed by atoms with van der Waals surface area (Å²) in [6, 6.07) is 0. The molecule has 0 atom stereocenters. The first kappa shape index (κ1) is 18.4. The predicted octanol–water partition coefficient (Wildman–Crippen LogP) is 5.82. The van der Waals surface area contributed by atoms with Gasteiger partial charge in [0.25, 0.3) is 0 Å². The molecule has 0 fully saturated rings. The molecule has 100 valence electrons. The van der Waals surface area contributed by atoms with E-state index in [1.54, 1.807) is 12.2 Å². The van der Waals surface area contributed by atoms with Crippen molar-refractivity contribution in [1.82, 2.24) is 0 Å². The zero-order valence-electron chi connectivity index (χ0n) is 11.0. The molecule has 0 aliphatic rings. The molecule has 0 saturated carbocycles. The van der Waals surface area contributed by atoms with Crippen LogP contribution in [0.25, 0.3) is 0 Å². The molecule has 0 aromatic rings. The Morgan fingerprint density at radius 3 is 2.18 bits per heavy atom. The summed E-state index contributed by atoms with van der Waals surface area (Å²) in [4.78, 5) is 0. The quantitative estimate of drug-likeness (QED) is 0.410. The fourth-order valence-corrected chi connectivity index (χ4v) is 1.11. The monoisotopic (exact) mass is 248 g/mol. The van der Waals surface area contributed by atoms with E-state index in [4.69, 9.17) is 0 Å². The molecule has 0 bridgehead atoms. The van der Waals surface area contributed by atoms with Crippen LogP contribution in [-0.4, -0.2) is 6.18 Å². The van der Waals surface area contributed by atoms with Crippen molar-refractivity contribution in [2.75, 3.05) is 0 Å². The van der Waals surface area contributed by atoms with Gasteiger partial charge in [0, 0.05) is 6.42 Å². The summed E-state index contributed by atoms with van der Waals surface area (Å²) in [7, 11) is 0. The molecule has 0 N–H and O–H groups in total. The van der Waals surface area contributed by atoms with Crippen molar-refractivity contribution in [3.8, 4) is 0 Å². The average molecular weight is 248 g/mol. The highest BCUT2D eigenvalue weighted by Crippen LogP contribution is 2.23. The molecule has 3 heteroatoms. The van der Waals surface area contributed by atoms with Crippen molar-refractivity contribution in [3.63, 3.8) is 0 Å². The van der Waals surface area contributed by atoms with Gasteiger partial charge in [-0.15, -0.1) is 0 Å². The number of rotatable bonds is 6. The maximum Gasteiger partial charge on any atom is 0.389 e. The molecule has 0 radical (unpaired) electrons. The van der Waals surface area contributed by atoms with Crippen LogP contribution in [0.1, 0.15) is 46.5 Å². The van der Waals surface area contributed by atoms with Gasteiger partial charge in [-0.1, -0.05) is 50.3 Å². The molecule has 17 heavy (non-hydrogen) atoms. The van der Waals surface area contributed by atoms with E-state index < -0.39 is 12.6 Å². The summed E-state index contributed by atoms with van der Waals surface area (Å²) >= 11 is 0. The Hall–Kier alpha value is -0.990. The zero-order valence-corrected chi connectivity index (χ0v) is 11.0. The molecular formula is C14H23F3. The van der Waals surface area contributed by atoms with Crippen molar-refractivity contribution >= 4 is 0 Å². The number of hydrogen-bond acceptors (Lipinski definition) is 0. The van der Waals surface area contributed by atoms with E-state index >= 15 is 0 Å². The predicted molar refractivity (Wildman–Crippen MR) is 69.0 cm³/mol. The summed E-state index contributed by atoms with van der Waals surface area (Å²) in [5, 5.41) is 0. The van der Waals surface area contributed by atoms with Crippen molar-refractivity contribution < 1.29 is 13.2 Å². The molecule has 0 spiro atoms. The van der Waals surface area contributed by atoms with E-state index in [-0.39, 0.29) is 6.42 Å². The second kappa shape index (κ2) is 11.5. The number of allylic oxidation sites excluding steroid dienone is 5. The summed E-state index contributed by atoms with van der Waals surface area (Å²) in [5.41, 5.74) is 1.09. The van der Waals surface area contributed by atoms with Crippen LogP contribution >= 0.6 is 0 Å². The average Bonchev–Trinajstić information content (AvgIpc) is 2.26. The summed E-state index contributed by atoms with van der Waals surface area (Å²) in [6.45, 7) is 9.44. The van der Waals surface area contributed by atoms with Crippen LogP contribution in [0.5, 0.6) is 0 Å².